The molecular formula is C14H12Cl2N2O2S. The first-order valence-corrected chi connectivity index (χ1v) is 8.25. The molecule has 1 heterocycles. The van der Waals surface area contributed by atoms with Crippen LogP contribution >= 0.6 is 23.2 Å². The number of anilines is 1. The van der Waals surface area contributed by atoms with Gasteiger partial charge in [-0.05, 0) is 42.8 Å². The van der Waals surface area contributed by atoms with Gasteiger partial charge in [-0.1, -0.05) is 35.3 Å². The molecule has 21 heavy (non-hydrogen) atoms. The Kier molecular flexibility index (Phi) is 4.88. The highest BCUT2D eigenvalue weighted by molar-refractivity contribution is 7.95. The van der Waals surface area contributed by atoms with E-state index in [1.165, 1.54) is 12.1 Å². The van der Waals surface area contributed by atoms with Gasteiger partial charge >= 0.3 is 0 Å². The maximum Gasteiger partial charge on any atom is 0.255 e. The molecule has 1 aromatic carbocycles. The SMILES string of the molecule is Cc1nc(Cl)ccc1NS(=O)(=O)/C=C/c1ccc(Cl)cc1. The Hall–Kier alpha value is -1.56. The standard InChI is InChI=1S/C14H12Cl2N2O2S/c1-10-13(6-7-14(16)17-10)18-21(19,20)9-8-11-2-4-12(15)5-3-11/h2-9,18H,1H3/b9-8+. The van der Waals surface area contributed by atoms with E-state index < -0.39 is 10.0 Å². The average Bonchev–Trinajstić information content (AvgIpc) is 2.41. The second kappa shape index (κ2) is 6.47. The van der Waals surface area contributed by atoms with Crippen molar-refractivity contribution in [3.8, 4) is 0 Å². The Bertz CT molecular complexity index is 772. The van der Waals surface area contributed by atoms with Gasteiger partial charge in [-0.15, -0.1) is 0 Å². The number of aromatic nitrogens is 1. The molecule has 1 aromatic heterocycles. The van der Waals surface area contributed by atoms with Gasteiger partial charge in [0.2, 0.25) is 0 Å². The molecule has 0 unspecified atom stereocenters. The van der Waals surface area contributed by atoms with Crippen LogP contribution in [0.4, 0.5) is 5.69 Å². The average molecular weight is 343 g/mol. The van der Waals surface area contributed by atoms with E-state index in [1.54, 1.807) is 37.3 Å². The summed E-state index contributed by atoms with van der Waals surface area (Å²) in [5.74, 6) is 0. The van der Waals surface area contributed by atoms with Crippen molar-refractivity contribution in [2.75, 3.05) is 4.72 Å². The molecule has 0 atom stereocenters. The van der Waals surface area contributed by atoms with Crippen LogP contribution in [0.5, 0.6) is 0 Å². The van der Waals surface area contributed by atoms with Crippen molar-refractivity contribution in [1.29, 1.82) is 0 Å². The van der Waals surface area contributed by atoms with Crippen LogP contribution in [0.25, 0.3) is 6.08 Å². The van der Waals surface area contributed by atoms with Crippen molar-refractivity contribution < 1.29 is 8.42 Å². The van der Waals surface area contributed by atoms with E-state index in [9.17, 15) is 8.42 Å². The molecule has 0 amide bonds. The van der Waals surface area contributed by atoms with Gasteiger partial charge in [-0.2, -0.15) is 0 Å². The summed E-state index contributed by atoms with van der Waals surface area (Å²) in [7, 11) is -3.62. The molecule has 0 radical (unpaired) electrons. The predicted octanol–water partition coefficient (Wildman–Crippen LogP) is 4.11. The largest absolute Gasteiger partial charge is 0.278 e. The highest BCUT2D eigenvalue weighted by atomic mass is 35.5. The van der Waals surface area contributed by atoms with E-state index >= 15 is 0 Å². The minimum absolute atomic E-state index is 0.312. The van der Waals surface area contributed by atoms with Gasteiger partial charge in [-0.3, -0.25) is 4.72 Å². The molecule has 0 fully saturated rings. The molecular weight excluding hydrogens is 331 g/mol. The summed E-state index contributed by atoms with van der Waals surface area (Å²) in [4.78, 5) is 3.99. The molecule has 4 nitrogen and oxygen atoms in total. The van der Waals surface area contributed by atoms with Crippen molar-refractivity contribution in [2.45, 2.75) is 6.92 Å². The summed E-state index contributed by atoms with van der Waals surface area (Å²) in [6.45, 7) is 1.67. The quantitative estimate of drug-likeness (QED) is 0.850. The minimum Gasteiger partial charge on any atom is -0.278 e. The van der Waals surface area contributed by atoms with Crippen LogP contribution in [0, 0.1) is 6.92 Å². The van der Waals surface area contributed by atoms with Crippen LogP contribution in [0.15, 0.2) is 41.8 Å². The van der Waals surface area contributed by atoms with E-state index in [1.807, 2.05) is 0 Å². The van der Waals surface area contributed by atoms with E-state index in [2.05, 4.69) is 9.71 Å². The fourth-order valence-electron chi connectivity index (χ4n) is 1.57. The van der Waals surface area contributed by atoms with Crippen LogP contribution in [0.1, 0.15) is 11.3 Å². The first-order valence-electron chi connectivity index (χ1n) is 5.95. The van der Waals surface area contributed by atoms with Gasteiger partial charge in [-0.25, -0.2) is 13.4 Å². The van der Waals surface area contributed by atoms with Gasteiger partial charge in [0.15, 0.2) is 0 Å². The fraction of sp³-hybridized carbons (Fsp3) is 0.0714. The number of sulfonamides is 1. The third-order valence-electron chi connectivity index (χ3n) is 2.61. The lowest BCUT2D eigenvalue weighted by Crippen LogP contribution is -2.10. The Balaban J connectivity index is 2.16. The number of aryl methyl sites for hydroxylation is 1. The summed E-state index contributed by atoms with van der Waals surface area (Å²) in [6.07, 6.45) is 1.48. The number of pyridine rings is 1. The zero-order valence-corrected chi connectivity index (χ0v) is 13.4. The molecule has 0 bridgehead atoms. The molecule has 0 saturated heterocycles. The Morgan fingerprint density at radius 1 is 1.10 bits per heavy atom. The minimum atomic E-state index is -3.62. The monoisotopic (exact) mass is 342 g/mol. The zero-order chi connectivity index (χ0) is 15.5. The number of hydrogen-bond acceptors (Lipinski definition) is 3. The lowest BCUT2D eigenvalue weighted by molar-refractivity contribution is 0.609. The van der Waals surface area contributed by atoms with Crippen molar-refractivity contribution in [1.82, 2.24) is 4.98 Å². The molecule has 1 N–H and O–H groups in total. The van der Waals surface area contributed by atoms with Crippen molar-refractivity contribution in [2.24, 2.45) is 0 Å². The van der Waals surface area contributed by atoms with Crippen LogP contribution in [0.3, 0.4) is 0 Å². The number of rotatable bonds is 4. The topological polar surface area (TPSA) is 59.1 Å². The summed E-state index contributed by atoms with van der Waals surface area (Å²) in [5.41, 5.74) is 1.63. The van der Waals surface area contributed by atoms with E-state index in [0.29, 0.717) is 21.6 Å². The highest BCUT2D eigenvalue weighted by Crippen LogP contribution is 2.18. The Morgan fingerprint density at radius 2 is 1.76 bits per heavy atom. The Labute approximate surface area is 133 Å². The number of nitrogens with one attached hydrogen (secondary N) is 1. The lowest BCUT2D eigenvalue weighted by atomic mass is 10.2. The molecule has 0 saturated carbocycles. The number of benzene rings is 1. The Morgan fingerprint density at radius 3 is 2.38 bits per heavy atom. The molecule has 2 aromatic rings. The summed E-state index contributed by atoms with van der Waals surface area (Å²) >= 11 is 11.5. The van der Waals surface area contributed by atoms with Crippen molar-refractivity contribution in [3.05, 3.63) is 63.2 Å². The van der Waals surface area contributed by atoms with E-state index in [-0.39, 0.29) is 0 Å². The van der Waals surface area contributed by atoms with Gasteiger partial charge in [0, 0.05) is 5.02 Å². The first-order chi connectivity index (χ1) is 9.85. The van der Waals surface area contributed by atoms with Gasteiger partial charge in [0.25, 0.3) is 10.0 Å². The smallest absolute Gasteiger partial charge is 0.255 e. The predicted molar refractivity (Wildman–Crippen MR) is 87.0 cm³/mol. The molecule has 0 aliphatic heterocycles. The van der Waals surface area contributed by atoms with Gasteiger partial charge in [0.05, 0.1) is 16.8 Å². The van der Waals surface area contributed by atoms with Crippen molar-refractivity contribution >= 4 is 45.0 Å². The molecule has 7 heteroatoms. The normalized spacial score (nSPS) is 11.8. The van der Waals surface area contributed by atoms with Crippen LogP contribution in [-0.2, 0) is 10.0 Å². The number of nitrogens with zero attached hydrogens (tertiary/aromatic N) is 1. The lowest BCUT2D eigenvalue weighted by Gasteiger charge is -2.07. The second-order valence-corrected chi connectivity index (χ2v) is 6.66. The molecule has 110 valence electrons. The highest BCUT2D eigenvalue weighted by Gasteiger charge is 2.08. The number of halogens is 2. The van der Waals surface area contributed by atoms with E-state index in [4.69, 9.17) is 23.2 Å². The third-order valence-corrected chi connectivity index (χ3v) is 4.07. The number of hydrogen-bond donors (Lipinski definition) is 1. The second-order valence-electron chi connectivity index (χ2n) is 4.27. The van der Waals surface area contributed by atoms with Crippen LogP contribution in [0.2, 0.25) is 10.2 Å². The molecule has 2 rings (SSSR count). The van der Waals surface area contributed by atoms with Crippen molar-refractivity contribution in [3.63, 3.8) is 0 Å². The summed E-state index contributed by atoms with van der Waals surface area (Å²) in [5, 5.41) is 1.99. The fourth-order valence-corrected chi connectivity index (χ4v) is 2.81. The summed E-state index contributed by atoms with van der Waals surface area (Å²) in [6, 6.07) is 9.92. The van der Waals surface area contributed by atoms with Gasteiger partial charge in [0.1, 0.15) is 5.15 Å². The van der Waals surface area contributed by atoms with Crippen LogP contribution in [-0.4, -0.2) is 13.4 Å². The third kappa shape index (κ3) is 4.74. The van der Waals surface area contributed by atoms with Gasteiger partial charge < -0.3 is 0 Å². The maximum atomic E-state index is 12.0. The molecule has 0 aliphatic carbocycles. The molecule has 0 spiro atoms. The first kappa shape index (κ1) is 15.8. The molecule has 0 aliphatic rings. The van der Waals surface area contributed by atoms with E-state index in [0.717, 1.165) is 11.0 Å². The summed E-state index contributed by atoms with van der Waals surface area (Å²) < 4.78 is 26.4. The zero-order valence-electron chi connectivity index (χ0n) is 11.0. The van der Waals surface area contributed by atoms with Crippen LogP contribution < -0.4 is 4.72 Å². The maximum absolute atomic E-state index is 12.0.